The zero-order chi connectivity index (χ0) is 15.3. The van der Waals surface area contributed by atoms with Crippen LogP contribution in [0, 0.1) is 5.41 Å². The molecule has 0 spiro atoms. The molecule has 0 heterocycles. The van der Waals surface area contributed by atoms with Gasteiger partial charge in [0.15, 0.2) is 11.6 Å². The van der Waals surface area contributed by atoms with Crippen LogP contribution in [0.25, 0.3) is 0 Å². The van der Waals surface area contributed by atoms with Crippen molar-refractivity contribution >= 4 is 11.6 Å². The average Bonchev–Trinajstić information content (AvgIpc) is 2.24. The molecule has 0 aromatic heterocycles. The van der Waals surface area contributed by atoms with E-state index in [0.717, 1.165) is 31.6 Å². The van der Waals surface area contributed by atoms with Crippen molar-refractivity contribution in [2.24, 2.45) is 5.41 Å². The summed E-state index contributed by atoms with van der Waals surface area (Å²) in [5.74, 6) is -0.0194. The van der Waals surface area contributed by atoms with E-state index in [-0.39, 0.29) is 17.0 Å². The highest BCUT2D eigenvalue weighted by molar-refractivity contribution is 6.22. The molecule has 114 valence electrons. The second kappa shape index (κ2) is 7.02. The van der Waals surface area contributed by atoms with E-state index in [1.54, 1.807) is 0 Å². The molecule has 0 aromatic carbocycles. The van der Waals surface area contributed by atoms with Gasteiger partial charge in [-0.25, -0.2) is 0 Å². The van der Waals surface area contributed by atoms with Crippen molar-refractivity contribution < 1.29 is 9.59 Å². The lowest BCUT2D eigenvalue weighted by Gasteiger charge is -2.29. The van der Waals surface area contributed by atoms with Gasteiger partial charge in [-0.2, -0.15) is 0 Å². The lowest BCUT2D eigenvalue weighted by molar-refractivity contribution is -0.127. The lowest BCUT2D eigenvalue weighted by atomic mass is 9.73. The Bertz CT molecular complexity index is 387. The van der Waals surface area contributed by atoms with Crippen LogP contribution in [0.2, 0.25) is 0 Å². The number of Topliss-reactive ketones (excluding diaryl/α,β-unsaturated/α-hetero) is 2. The van der Waals surface area contributed by atoms with E-state index >= 15 is 0 Å². The van der Waals surface area contributed by atoms with E-state index in [1.165, 1.54) is 0 Å². The molecule has 20 heavy (non-hydrogen) atoms. The Morgan fingerprint density at radius 1 is 1.15 bits per heavy atom. The molecule has 4 heteroatoms. The summed E-state index contributed by atoms with van der Waals surface area (Å²) in [6.07, 6.45) is 3.08. The summed E-state index contributed by atoms with van der Waals surface area (Å²) >= 11 is 0. The lowest BCUT2D eigenvalue weighted by Crippen LogP contribution is -2.34. The Balaban J connectivity index is 2.53. The van der Waals surface area contributed by atoms with Gasteiger partial charge in [-0.05, 0) is 45.8 Å². The predicted molar refractivity (Wildman–Crippen MR) is 81.5 cm³/mol. The summed E-state index contributed by atoms with van der Waals surface area (Å²) in [5, 5.41) is 3.23. The van der Waals surface area contributed by atoms with Crippen LogP contribution in [0.15, 0.2) is 11.3 Å². The monoisotopic (exact) mass is 280 g/mol. The second-order valence-corrected chi connectivity index (χ2v) is 6.80. The molecule has 0 bridgehead atoms. The minimum atomic E-state index is -0.191. The van der Waals surface area contributed by atoms with E-state index in [4.69, 9.17) is 0 Å². The Hall–Kier alpha value is -1.16. The molecule has 0 atom stereocenters. The second-order valence-electron chi connectivity index (χ2n) is 6.80. The van der Waals surface area contributed by atoms with Gasteiger partial charge in [0, 0.05) is 25.1 Å². The Kier molecular flexibility index (Phi) is 5.93. The van der Waals surface area contributed by atoms with Crippen LogP contribution in [0.1, 0.15) is 46.5 Å². The summed E-state index contributed by atoms with van der Waals surface area (Å²) < 4.78 is 0. The third kappa shape index (κ3) is 5.08. The third-order valence-electron chi connectivity index (χ3n) is 3.63. The molecule has 0 saturated heterocycles. The van der Waals surface area contributed by atoms with Crippen molar-refractivity contribution in [3.8, 4) is 0 Å². The van der Waals surface area contributed by atoms with Crippen molar-refractivity contribution in [3.63, 3.8) is 0 Å². The normalized spacial score (nSPS) is 18.6. The largest absolute Gasteiger partial charge is 0.388 e. The topological polar surface area (TPSA) is 49.4 Å². The molecule has 0 aliphatic heterocycles. The average molecular weight is 280 g/mol. The zero-order valence-electron chi connectivity index (χ0n) is 13.5. The fourth-order valence-corrected chi connectivity index (χ4v) is 2.60. The third-order valence-corrected chi connectivity index (χ3v) is 3.63. The molecule has 0 amide bonds. The van der Waals surface area contributed by atoms with Crippen molar-refractivity contribution in [2.45, 2.75) is 46.5 Å². The molecular weight excluding hydrogens is 252 g/mol. The summed E-state index contributed by atoms with van der Waals surface area (Å²) in [4.78, 5) is 26.4. The Labute approximate surface area is 122 Å². The first kappa shape index (κ1) is 16.9. The zero-order valence-corrected chi connectivity index (χ0v) is 13.5. The van der Waals surface area contributed by atoms with Crippen LogP contribution >= 0.6 is 0 Å². The number of hydrogen-bond donors (Lipinski definition) is 1. The SMILES string of the molecule is CC(NCCCCN(C)C)=C1C(=O)CC(C)(C)CC1=O. The number of nitrogens with one attached hydrogen (secondary N) is 1. The highest BCUT2D eigenvalue weighted by atomic mass is 16.2. The number of allylic oxidation sites excluding steroid dienone is 2. The number of unbranched alkanes of at least 4 members (excludes halogenated alkanes) is 1. The van der Waals surface area contributed by atoms with Crippen molar-refractivity contribution in [3.05, 3.63) is 11.3 Å². The molecule has 1 aliphatic rings. The van der Waals surface area contributed by atoms with Crippen LogP contribution < -0.4 is 5.32 Å². The van der Waals surface area contributed by atoms with Gasteiger partial charge in [-0.15, -0.1) is 0 Å². The maximum atomic E-state index is 12.1. The first-order valence-corrected chi connectivity index (χ1v) is 7.39. The van der Waals surface area contributed by atoms with Crippen LogP contribution in [-0.4, -0.2) is 43.7 Å². The fraction of sp³-hybridized carbons (Fsp3) is 0.750. The molecule has 1 N–H and O–H groups in total. The van der Waals surface area contributed by atoms with Gasteiger partial charge in [0.2, 0.25) is 0 Å². The summed E-state index contributed by atoms with van der Waals surface area (Å²) in [6, 6.07) is 0. The molecule has 0 aromatic rings. The van der Waals surface area contributed by atoms with Crippen molar-refractivity contribution in [1.82, 2.24) is 10.2 Å². The summed E-state index contributed by atoms with van der Waals surface area (Å²) in [6.45, 7) is 7.67. The van der Waals surface area contributed by atoms with Gasteiger partial charge >= 0.3 is 0 Å². The fourth-order valence-electron chi connectivity index (χ4n) is 2.60. The number of rotatable bonds is 6. The number of carbonyl (C=O) groups excluding carboxylic acids is 2. The highest BCUT2D eigenvalue weighted by Crippen LogP contribution is 2.34. The van der Waals surface area contributed by atoms with Crippen molar-refractivity contribution in [1.29, 1.82) is 0 Å². The highest BCUT2D eigenvalue weighted by Gasteiger charge is 2.36. The molecular formula is C16H28N2O2. The van der Waals surface area contributed by atoms with Crippen LogP contribution in [-0.2, 0) is 9.59 Å². The maximum Gasteiger partial charge on any atom is 0.168 e. The summed E-state index contributed by atoms with van der Waals surface area (Å²) in [5.41, 5.74) is 0.959. The summed E-state index contributed by atoms with van der Waals surface area (Å²) in [7, 11) is 4.11. The smallest absolute Gasteiger partial charge is 0.168 e. The number of carbonyl (C=O) groups is 2. The molecule has 1 saturated carbocycles. The van der Waals surface area contributed by atoms with E-state index in [1.807, 2.05) is 20.8 Å². The van der Waals surface area contributed by atoms with Crippen LogP contribution in [0.5, 0.6) is 0 Å². The Morgan fingerprint density at radius 3 is 2.20 bits per heavy atom. The molecule has 0 unspecified atom stereocenters. The first-order valence-electron chi connectivity index (χ1n) is 7.39. The van der Waals surface area contributed by atoms with Crippen LogP contribution in [0.3, 0.4) is 0 Å². The number of hydrogen-bond acceptors (Lipinski definition) is 4. The van der Waals surface area contributed by atoms with Gasteiger partial charge in [0.25, 0.3) is 0 Å². The van der Waals surface area contributed by atoms with E-state index < -0.39 is 0 Å². The standard InChI is InChI=1S/C16H28N2O2/c1-12(17-8-6-7-9-18(4)5)15-13(19)10-16(2,3)11-14(15)20/h17H,6-11H2,1-5H3. The van der Waals surface area contributed by atoms with Gasteiger partial charge in [0.05, 0.1) is 5.57 Å². The minimum Gasteiger partial charge on any atom is -0.388 e. The first-order chi connectivity index (χ1) is 9.23. The van der Waals surface area contributed by atoms with Crippen LogP contribution in [0.4, 0.5) is 0 Å². The van der Waals surface area contributed by atoms with E-state index in [0.29, 0.717) is 18.4 Å². The van der Waals surface area contributed by atoms with Gasteiger partial charge < -0.3 is 10.2 Å². The van der Waals surface area contributed by atoms with Gasteiger partial charge in [-0.1, -0.05) is 13.8 Å². The molecule has 4 nitrogen and oxygen atoms in total. The maximum absolute atomic E-state index is 12.1. The van der Waals surface area contributed by atoms with Gasteiger partial charge in [-0.3, -0.25) is 9.59 Å². The minimum absolute atomic E-state index is 0.00968. The van der Waals surface area contributed by atoms with E-state index in [2.05, 4.69) is 24.3 Å². The number of ketones is 2. The molecule has 0 radical (unpaired) electrons. The molecule has 1 aliphatic carbocycles. The Morgan fingerprint density at radius 2 is 1.70 bits per heavy atom. The van der Waals surface area contributed by atoms with E-state index in [9.17, 15) is 9.59 Å². The number of nitrogens with zero attached hydrogens (tertiary/aromatic N) is 1. The molecule has 1 rings (SSSR count). The van der Waals surface area contributed by atoms with Gasteiger partial charge in [0.1, 0.15) is 0 Å². The predicted octanol–water partition coefficient (Wildman–Crippen LogP) is 2.15. The van der Waals surface area contributed by atoms with Crippen molar-refractivity contribution in [2.75, 3.05) is 27.2 Å². The molecule has 1 fully saturated rings. The quantitative estimate of drug-likeness (QED) is 0.460.